The minimum absolute atomic E-state index is 0.193. The van der Waals surface area contributed by atoms with Crippen LogP contribution >= 0.6 is 11.6 Å². The van der Waals surface area contributed by atoms with Crippen LogP contribution in [0.25, 0.3) is 5.69 Å². The Morgan fingerprint density at radius 2 is 2.00 bits per heavy atom. The SMILES string of the molecule is Cc1nnc(CN(C)C)n1-c1ccc(Cl)cc1C(=O)c1ccccn1. The molecule has 3 rings (SSSR count). The van der Waals surface area contributed by atoms with E-state index in [4.69, 9.17) is 11.6 Å². The molecule has 0 aliphatic carbocycles. The predicted octanol–water partition coefficient (Wildman–Crippen LogP) is 2.92. The molecule has 0 radical (unpaired) electrons. The van der Waals surface area contributed by atoms with Crippen molar-refractivity contribution in [2.45, 2.75) is 13.5 Å². The van der Waals surface area contributed by atoms with Crippen LogP contribution in [0, 0.1) is 6.92 Å². The molecule has 0 spiro atoms. The molecule has 0 bridgehead atoms. The second-order valence-corrected chi connectivity index (χ2v) is 6.38. The van der Waals surface area contributed by atoms with Crippen molar-refractivity contribution in [3.05, 3.63) is 70.5 Å². The van der Waals surface area contributed by atoms with E-state index in [-0.39, 0.29) is 5.78 Å². The van der Waals surface area contributed by atoms with E-state index in [1.807, 2.05) is 36.6 Å². The number of carbonyl (C=O) groups excluding carboxylic acids is 1. The van der Waals surface area contributed by atoms with Crippen LogP contribution in [-0.2, 0) is 6.54 Å². The van der Waals surface area contributed by atoms with Gasteiger partial charge in [0.05, 0.1) is 12.2 Å². The van der Waals surface area contributed by atoms with Crippen molar-refractivity contribution in [2.24, 2.45) is 0 Å². The van der Waals surface area contributed by atoms with Crippen molar-refractivity contribution in [1.82, 2.24) is 24.6 Å². The summed E-state index contributed by atoms with van der Waals surface area (Å²) in [5.41, 5.74) is 1.53. The van der Waals surface area contributed by atoms with Gasteiger partial charge in [-0.3, -0.25) is 14.3 Å². The van der Waals surface area contributed by atoms with E-state index in [9.17, 15) is 4.79 Å². The lowest BCUT2D eigenvalue weighted by atomic mass is 10.0. The fourth-order valence-corrected chi connectivity index (χ4v) is 2.80. The van der Waals surface area contributed by atoms with Gasteiger partial charge in [0.15, 0.2) is 5.82 Å². The third kappa shape index (κ3) is 3.60. The smallest absolute Gasteiger partial charge is 0.213 e. The molecule has 3 aromatic rings. The number of hydrogen-bond donors (Lipinski definition) is 0. The lowest BCUT2D eigenvalue weighted by molar-refractivity contribution is 0.103. The molecule has 0 amide bonds. The van der Waals surface area contributed by atoms with Crippen molar-refractivity contribution in [3.63, 3.8) is 0 Å². The van der Waals surface area contributed by atoms with Gasteiger partial charge in [-0.15, -0.1) is 10.2 Å². The molecule has 7 heteroatoms. The zero-order chi connectivity index (χ0) is 18.0. The van der Waals surface area contributed by atoms with Crippen LogP contribution in [0.15, 0.2) is 42.6 Å². The maximum Gasteiger partial charge on any atom is 0.213 e. The van der Waals surface area contributed by atoms with E-state index in [0.29, 0.717) is 34.3 Å². The number of carbonyl (C=O) groups is 1. The van der Waals surface area contributed by atoms with Gasteiger partial charge in [-0.25, -0.2) is 0 Å². The monoisotopic (exact) mass is 355 g/mol. The van der Waals surface area contributed by atoms with E-state index in [0.717, 1.165) is 5.82 Å². The summed E-state index contributed by atoms with van der Waals surface area (Å²) in [5, 5.41) is 8.90. The van der Waals surface area contributed by atoms with E-state index >= 15 is 0 Å². The largest absolute Gasteiger partial charge is 0.302 e. The molecule has 0 N–H and O–H groups in total. The van der Waals surface area contributed by atoms with Gasteiger partial charge in [-0.2, -0.15) is 0 Å². The number of nitrogens with zero attached hydrogens (tertiary/aromatic N) is 5. The fraction of sp³-hybridized carbons (Fsp3) is 0.222. The zero-order valence-electron chi connectivity index (χ0n) is 14.3. The first-order valence-corrected chi connectivity index (χ1v) is 8.16. The third-order valence-corrected chi connectivity index (χ3v) is 3.93. The summed E-state index contributed by atoms with van der Waals surface area (Å²) in [4.78, 5) is 19.1. The molecule has 0 unspecified atom stereocenters. The average Bonchev–Trinajstić information content (AvgIpc) is 2.95. The highest BCUT2D eigenvalue weighted by molar-refractivity contribution is 6.31. The van der Waals surface area contributed by atoms with Gasteiger partial charge in [0, 0.05) is 16.8 Å². The summed E-state index contributed by atoms with van der Waals surface area (Å²) >= 11 is 6.15. The number of pyridine rings is 1. The Balaban J connectivity index is 2.16. The van der Waals surface area contributed by atoms with E-state index in [1.54, 1.807) is 36.5 Å². The van der Waals surface area contributed by atoms with Crippen LogP contribution in [-0.4, -0.2) is 44.5 Å². The van der Waals surface area contributed by atoms with Crippen LogP contribution in [0.4, 0.5) is 0 Å². The van der Waals surface area contributed by atoms with Gasteiger partial charge in [0.25, 0.3) is 0 Å². The highest BCUT2D eigenvalue weighted by Crippen LogP contribution is 2.24. The summed E-state index contributed by atoms with van der Waals surface area (Å²) in [6.07, 6.45) is 1.60. The Morgan fingerprint density at radius 3 is 2.68 bits per heavy atom. The van der Waals surface area contributed by atoms with Gasteiger partial charge in [0.1, 0.15) is 11.5 Å². The molecule has 0 saturated carbocycles. The number of benzene rings is 1. The van der Waals surface area contributed by atoms with Gasteiger partial charge in [-0.1, -0.05) is 17.7 Å². The normalized spacial score (nSPS) is 11.1. The summed E-state index contributed by atoms with van der Waals surface area (Å²) in [6.45, 7) is 2.45. The van der Waals surface area contributed by atoms with Crippen LogP contribution < -0.4 is 0 Å². The van der Waals surface area contributed by atoms with Crippen LogP contribution in [0.3, 0.4) is 0 Å². The Labute approximate surface area is 151 Å². The standard InChI is InChI=1S/C18H18ClN5O/c1-12-21-22-17(11-23(2)3)24(12)16-8-7-13(19)10-14(16)18(25)15-6-4-5-9-20-15/h4-10H,11H2,1-3H3. The maximum absolute atomic E-state index is 13.0. The first-order chi connectivity index (χ1) is 12.0. The Hall–Kier alpha value is -2.57. The van der Waals surface area contributed by atoms with Crippen LogP contribution in [0.5, 0.6) is 0 Å². The molecular formula is C18H18ClN5O. The number of aryl methyl sites for hydroxylation is 1. The van der Waals surface area contributed by atoms with Crippen molar-refractivity contribution in [3.8, 4) is 5.69 Å². The molecule has 0 atom stereocenters. The van der Waals surface area contributed by atoms with Crippen molar-refractivity contribution >= 4 is 17.4 Å². The van der Waals surface area contributed by atoms with Crippen LogP contribution in [0.2, 0.25) is 5.02 Å². The zero-order valence-corrected chi connectivity index (χ0v) is 15.0. The van der Waals surface area contributed by atoms with E-state index in [2.05, 4.69) is 15.2 Å². The lowest BCUT2D eigenvalue weighted by Gasteiger charge is -2.15. The molecule has 1 aromatic carbocycles. The highest BCUT2D eigenvalue weighted by Gasteiger charge is 2.20. The Kier molecular flexibility index (Phi) is 4.92. The lowest BCUT2D eigenvalue weighted by Crippen LogP contribution is -2.17. The highest BCUT2D eigenvalue weighted by atomic mass is 35.5. The molecule has 6 nitrogen and oxygen atoms in total. The minimum Gasteiger partial charge on any atom is -0.302 e. The number of rotatable bonds is 5. The number of aromatic nitrogens is 4. The molecule has 0 aliphatic heterocycles. The van der Waals surface area contributed by atoms with Crippen LogP contribution in [0.1, 0.15) is 27.7 Å². The Bertz CT molecular complexity index is 905. The quantitative estimate of drug-likeness (QED) is 0.658. The number of hydrogen-bond acceptors (Lipinski definition) is 5. The number of ketones is 1. The minimum atomic E-state index is -0.193. The molecule has 2 aromatic heterocycles. The maximum atomic E-state index is 13.0. The molecule has 25 heavy (non-hydrogen) atoms. The Morgan fingerprint density at radius 1 is 1.20 bits per heavy atom. The first kappa shape index (κ1) is 17.3. The van der Waals surface area contributed by atoms with Gasteiger partial charge in [-0.05, 0) is 51.4 Å². The second kappa shape index (κ2) is 7.13. The van der Waals surface area contributed by atoms with Gasteiger partial charge in [0.2, 0.25) is 5.78 Å². The molecule has 0 fully saturated rings. The first-order valence-electron chi connectivity index (χ1n) is 7.78. The van der Waals surface area contributed by atoms with Gasteiger partial charge >= 0.3 is 0 Å². The predicted molar refractivity (Wildman–Crippen MR) is 96.2 cm³/mol. The summed E-state index contributed by atoms with van der Waals surface area (Å²) < 4.78 is 1.88. The molecule has 2 heterocycles. The number of halogens is 1. The second-order valence-electron chi connectivity index (χ2n) is 5.94. The van der Waals surface area contributed by atoms with E-state index < -0.39 is 0 Å². The molecule has 0 aliphatic rings. The topological polar surface area (TPSA) is 63.9 Å². The summed E-state index contributed by atoms with van der Waals surface area (Å²) in [5.74, 6) is 1.26. The van der Waals surface area contributed by atoms with Crippen molar-refractivity contribution in [2.75, 3.05) is 14.1 Å². The third-order valence-electron chi connectivity index (χ3n) is 3.69. The summed E-state index contributed by atoms with van der Waals surface area (Å²) in [7, 11) is 3.91. The van der Waals surface area contributed by atoms with Crippen molar-refractivity contribution in [1.29, 1.82) is 0 Å². The molecule has 128 valence electrons. The van der Waals surface area contributed by atoms with Gasteiger partial charge < -0.3 is 4.90 Å². The molecular weight excluding hydrogens is 338 g/mol. The summed E-state index contributed by atoms with van der Waals surface area (Å²) in [6, 6.07) is 10.5. The average molecular weight is 356 g/mol. The fourth-order valence-electron chi connectivity index (χ4n) is 2.62. The molecule has 0 saturated heterocycles. The van der Waals surface area contributed by atoms with Crippen molar-refractivity contribution < 1.29 is 4.79 Å². The van der Waals surface area contributed by atoms with E-state index in [1.165, 1.54) is 0 Å².